The van der Waals surface area contributed by atoms with Gasteiger partial charge in [0.2, 0.25) is 0 Å². The molecule has 1 aromatic carbocycles. The standard InChI is InChI=1S/C14H17N3O2S/c1-9-7-8-13(11(3)16-9)17-20(18,19)14-6-4-5-12(15)10(14)2/h4-8,17H,15H2,1-3H3. The third kappa shape index (κ3) is 2.75. The summed E-state index contributed by atoms with van der Waals surface area (Å²) in [5, 5.41) is 0. The molecule has 20 heavy (non-hydrogen) atoms. The summed E-state index contributed by atoms with van der Waals surface area (Å²) < 4.78 is 27.4. The fourth-order valence-electron chi connectivity index (χ4n) is 1.92. The lowest BCUT2D eigenvalue weighted by Crippen LogP contribution is -2.16. The number of hydrogen-bond acceptors (Lipinski definition) is 4. The Balaban J connectivity index is 2.44. The van der Waals surface area contributed by atoms with Crippen molar-refractivity contribution in [2.45, 2.75) is 25.7 Å². The second kappa shape index (κ2) is 5.13. The molecule has 0 aliphatic carbocycles. The van der Waals surface area contributed by atoms with E-state index in [2.05, 4.69) is 9.71 Å². The van der Waals surface area contributed by atoms with Gasteiger partial charge in [-0.1, -0.05) is 6.07 Å². The minimum atomic E-state index is -3.67. The second-order valence-electron chi connectivity index (χ2n) is 4.66. The van der Waals surface area contributed by atoms with Gasteiger partial charge >= 0.3 is 0 Å². The molecule has 0 aliphatic rings. The van der Waals surface area contributed by atoms with Gasteiger partial charge in [-0.05, 0) is 50.6 Å². The Hall–Kier alpha value is -2.08. The molecule has 0 atom stereocenters. The molecule has 2 rings (SSSR count). The summed E-state index contributed by atoms with van der Waals surface area (Å²) in [4.78, 5) is 4.42. The molecule has 1 heterocycles. The van der Waals surface area contributed by atoms with Gasteiger partial charge in [0.05, 0.1) is 16.3 Å². The zero-order valence-electron chi connectivity index (χ0n) is 11.6. The molecule has 0 amide bonds. The first-order valence-corrected chi connectivity index (χ1v) is 7.62. The topological polar surface area (TPSA) is 85.1 Å². The molecule has 0 radical (unpaired) electrons. The Morgan fingerprint density at radius 1 is 1.10 bits per heavy atom. The predicted molar refractivity (Wildman–Crippen MR) is 80.1 cm³/mol. The van der Waals surface area contributed by atoms with Crippen molar-refractivity contribution in [1.29, 1.82) is 0 Å². The molecule has 6 heteroatoms. The van der Waals surface area contributed by atoms with Crippen molar-refractivity contribution in [2.75, 3.05) is 10.5 Å². The number of aromatic nitrogens is 1. The largest absolute Gasteiger partial charge is 0.398 e. The molecule has 0 aliphatic heterocycles. The van der Waals surface area contributed by atoms with E-state index in [9.17, 15) is 8.42 Å². The summed E-state index contributed by atoms with van der Waals surface area (Å²) in [5.41, 5.74) is 8.69. The lowest BCUT2D eigenvalue weighted by Gasteiger charge is -2.13. The number of nitrogens with two attached hydrogens (primary N) is 1. The van der Waals surface area contributed by atoms with E-state index in [1.807, 2.05) is 6.92 Å². The molecule has 1 aromatic heterocycles. The van der Waals surface area contributed by atoms with E-state index in [1.54, 1.807) is 38.1 Å². The summed E-state index contributed by atoms with van der Waals surface area (Å²) in [6.07, 6.45) is 0. The molecule has 2 aromatic rings. The summed E-state index contributed by atoms with van der Waals surface area (Å²) in [6.45, 7) is 5.30. The molecular weight excluding hydrogens is 274 g/mol. The first-order valence-electron chi connectivity index (χ1n) is 6.13. The number of nitrogens with zero attached hydrogens (tertiary/aromatic N) is 1. The number of aryl methyl sites for hydroxylation is 2. The second-order valence-corrected chi connectivity index (χ2v) is 6.31. The van der Waals surface area contributed by atoms with Gasteiger partial charge in [-0.2, -0.15) is 0 Å². The molecular formula is C14H17N3O2S. The number of anilines is 2. The van der Waals surface area contributed by atoms with Crippen LogP contribution in [0.1, 0.15) is 17.0 Å². The normalized spacial score (nSPS) is 11.3. The molecule has 0 saturated heterocycles. The number of sulfonamides is 1. The van der Waals surface area contributed by atoms with Crippen molar-refractivity contribution >= 4 is 21.4 Å². The third-order valence-corrected chi connectivity index (χ3v) is 4.59. The average Bonchev–Trinajstić information content (AvgIpc) is 2.36. The van der Waals surface area contributed by atoms with Crippen LogP contribution in [0.2, 0.25) is 0 Å². The minimum absolute atomic E-state index is 0.178. The van der Waals surface area contributed by atoms with E-state index in [0.717, 1.165) is 5.69 Å². The van der Waals surface area contributed by atoms with Crippen molar-refractivity contribution in [3.8, 4) is 0 Å². The lowest BCUT2D eigenvalue weighted by molar-refractivity contribution is 0.600. The molecule has 3 N–H and O–H groups in total. The van der Waals surface area contributed by atoms with E-state index in [-0.39, 0.29) is 4.90 Å². The number of nitrogens with one attached hydrogen (secondary N) is 1. The number of benzene rings is 1. The number of pyridine rings is 1. The molecule has 0 spiro atoms. The Kier molecular flexibility index (Phi) is 3.67. The monoisotopic (exact) mass is 291 g/mol. The minimum Gasteiger partial charge on any atom is -0.398 e. The summed E-state index contributed by atoms with van der Waals surface area (Å²) in [5.74, 6) is 0. The highest BCUT2D eigenvalue weighted by Gasteiger charge is 2.18. The van der Waals surface area contributed by atoms with Crippen LogP contribution in [0.25, 0.3) is 0 Å². The van der Waals surface area contributed by atoms with Gasteiger partial charge in [-0.15, -0.1) is 0 Å². The number of nitrogen functional groups attached to an aromatic ring is 1. The van der Waals surface area contributed by atoms with Crippen LogP contribution in [-0.4, -0.2) is 13.4 Å². The van der Waals surface area contributed by atoms with Gasteiger partial charge in [0, 0.05) is 11.4 Å². The van der Waals surface area contributed by atoms with E-state index in [1.165, 1.54) is 6.07 Å². The SMILES string of the molecule is Cc1ccc(NS(=O)(=O)c2cccc(N)c2C)c(C)n1. The smallest absolute Gasteiger partial charge is 0.262 e. The van der Waals surface area contributed by atoms with Crippen LogP contribution in [0.4, 0.5) is 11.4 Å². The van der Waals surface area contributed by atoms with Crippen LogP contribution in [0.5, 0.6) is 0 Å². The Labute approximate surface area is 118 Å². The number of rotatable bonds is 3. The summed E-state index contributed by atoms with van der Waals surface area (Å²) in [6, 6.07) is 8.29. The highest BCUT2D eigenvalue weighted by molar-refractivity contribution is 7.92. The van der Waals surface area contributed by atoms with E-state index in [0.29, 0.717) is 22.6 Å². The van der Waals surface area contributed by atoms with Gasteiger partial charge in [0.25, 0.3) is 10.0 Å². The predicted octanol–water partition coefficient (Wildman–Crippen LogP) is 2.39. The van der Waals surface area contributed by atoms with Crippen molar-refractivity contribution in [3.63, 3.8) is 0 Å². The van der Waals surface area contributed by atoms with Crippen LogP contribution in [-0.2, 0) is 10.0 Å². The summed E-state index contributed by atoms with van der Waals surface area (Å²) in [7, 11) is -3.67. The Bertz CT molecular complexity index is 755. The third-order valence-electron chi connectivity index (χ3n) is 3.08. The highest BCUT2D eigenvalue weighted by Crippen LogP contribution is 2.24. The molecule has 0 fully saturated rings. The quantitative estimate of drug-likeness (QED) is 0.850. The fraction of sp³-hybridized carbons (Fsp3) is 0.214. The lowest BCUT2D eigenvalue weighted by atomic mass is 10.2. The van der Waals surface area contributed by atoms with Crippen LogP contribution in [0, 0.1) is 20.8 Å². The molecule has 0 bridgehead atoms. The van der Waals surface area contributed by atoms with E-state index >= 15 is 0 Å². The Morgan fingerprint density at radius 3 is 2.45 bits per heavy atom. The highest BCUT2D eigenvalue weighted by atomic mass is 32.2. The van der Waals surface area contributed by atoms with E-state index < -0.39 is 10.0 Å². The zero-order chi connectivity index (χ0) is 14.9. The molecule has 5 nitrogen and oxygen atoms in total. The zero-order valence-corrected chi connectivity index (χ0v) is 12.5. The summed E-state index contributed by atoms with van der Waals surface area (Å²) >= 11 is 0. The first kappa shape index (κ1) is 14.3. The van der Waals surface area contributed by atoms with Gasteiger partial charge in [0.15, 0.2) is 0 Å². The van der Waals surface area contributed by atoms with Crippen LogP contribution >= 0.6 is 0 Å². The number of hydrogen-bond donors (Lipinski definition) is 2. The maximum Gasteiger partial charge on any atom is 0.262 e. The first-order chi connectivity index (χ1) is 9.31. The maximum atomic E-state index is 12.4. The van der Waals surface area contributed by atoms with Crippen LogP contribution in [0.3, 0.4) is 0 Å². The van der Waals surface area contributed by atoms with Crippen LogP contribution in [0.15, 0.2) is 35.2 Å². The Morgan fingerprint density at radius 2 is 1.80 bits per heavy atom. The van der Waals surface area contributed by atoms with Crippen molar-refractivity contribution in [3.05, 3.63) is 47.3 Å². The van der Waals surface area contributed by atoms with Gasteiger partial charge in [0.1, 0.15) is 0 Å². The maximum absolute atomic E-state index is 12.4. The van der Waals surface area contributed by atoms with Crippen molar-refractivity contribution in [2.24, 2.45) is 0 Å². The average molecular weight is 291 g/mol. The van der Waals surface area contributed by atoms with E-state index in [4.69, 9.17) is 5.73 Å². The van der Waals surface area contributed by atoms with Gasteiger partial charge in [-0.3, -0.25) is 9.71 Å². The fourth-order valence-corrected chi connectivity index (χ4v) is 3.31. The van der Waals surface area contributed by atoms with Crippen molar-refractivity contribution < 1.29 is 8.42 Å². The van der Waals surface area contributed by atoms with Gasteiger partial charge in [-0.25, -0.2) is 8.42 Å². The molecule has 0 unspecified atom stereocenters. The van der Waals surface area contributed by atoms with Crippen molar-refractivity contribution in [1.82, 2.24) is 4.98 Å². The van der Waals surface area contributed by atoms with Gasteiger partial charge < -0.3 is 5.73 Å². The molecule has 106 valence electrons. The molecule has 0 saturated carbocycles. The van der Waals surface area contributed by atoms with Crippen LogP contribution < -0.4 is 10.5 Å².